The van der Waals surface area contributed by atoms with E-state index in [0.717, 1.165) is 5.69 Å². The summed E-state index contributed by atoms with van der Waals surface area (Å²) in [6, 6.07) is -0.355. The number of aryl methyl sites for hydroxylation is 1. The van der Waals surface area contributed by atoms with Crippen LogP contribution in [-0.2, 0) is 23.1 Å². The molecule has 2 rings (SSSR count). The van der Waals surface area contributed by atoms with Crippen molar-refractivity contribution in [3.05, 3.63) is 18.2 Å². The highest BCUT2D eigenvalue weighted by atomic mass is 16.2. The normalized spacial score (nSPS) is 19.1. The van der Waals surface area contributed by atoms with E-state index in [2.05, 4.69) is 15.6 Å². The molecule has 1 aliphatic rings. The van der Waals surface area contributed by atoms with Crippen LogP contribution in [0.5, 0.6) is 0 Å². The van der Waals surface area contributed by atoms with Crippen molar-refractivity contribution in [3.63, 3.8) is 0 Å². The van der Waals surface area contributed by atoms with E-state index in [1.165, 1.54) is 0 Å². The number of hydrogen-bond donors (Lipinski definition) is 2. The van der Waals surface area contributed by atoms with E-state index in [-0.39, 0.29) is 17.9 Å². The Morgan fingerprint density at radius 1 is 1.71 bits per heavy atom. The lowest BCUT2D eigenvalue weighted by Gasteiger charge is -2.09. The Morgan fingerprint density at radius 2 is 2.53 bits per heavy atom. The van der Waals surface area contributed by atoms with Crippen molar-refractivity contribution in [2.45, 2.75) is 25.3 Å². The fraction of sp³-hybridized carbons (Fsp3) is 0.545. The fourth-order valence-corrected chi connectivity index (χ4v) is 1.84. The van der Waals surface area contributed by atoms with E-state index in [0.29, 0.717) is 25.8 Å². The number of rotatable bonds is 4. The second kappa shape index (κ2) is 4.99. The minimum Gasteiger partial charge on any atom is -0.354 e. The second-order valence-corrected chi connectivity index (χ2v) is 4.23. The summed E-state index contributed by atoms with van der Waals surface area (Å²) in [5.41, 5.74) is 0.947. The molecule has 6 heteroatoms. The van der Waals surface area contributed by atoms with E-state index in [1.807, 2.05) is 17.8 Å². The molecule has 0 spiro atoms. The molecule has 0 bridgehead atoms. The highest BCUT2D eigenvalue weighted by Crippen LogP contribution is 2.06. The average Bonchev–Trinajstić information content (AvgIpc) is 2.88. The lowest BCUT2D eigenvalue weighted by Crippen LogP contribution is -2.42. The number of hydrogen-bond acceptors (Lipinski definition) is 3. The van der Waals surface area contributed by atoms with Crippen LogP contribution < -0.4 is 10.6 Å². The van der Waals surface area contributed by atoms with Gasteiger partial charge in [-0.15, -0.1) is 0 Å². The molecule has 1 aromatic rings. The first kappa shape index (κ1) is 11.6. The summed E-state index contributed by atoms with van der Waals surface area (Å²) in [5.74, 6) is -0.151. The molecular formula is C11H16N4O2. The maximum Gasteiger partial charge on any atom is 0.242 e. The largest absolute Gasteiger partial charge is 0.354 e. The number of imidazole rings is 1. The van der Waals surface area contributed by atoms with Gasteiger partial charge in [0.25, 0.3) is 0 Å². The molecular weight excluding hydrogens is 220 g/mol. The quantitative estimate of drug-likeness (QED) is 0.730. The molecule has 17 heavy (non-hydrogen) atoms. The van der Waals surface area contributed by atoms with Crippen LogP contribution in [-0.4, -0.2) is 34.0 Å². The number of carbonyl (C=O) groups is 2. The van der Waals surface area contributed by atoms with Gasteiger partial charge >= 0.3 is 0 Å². The number of amides is 2. The van der Waals surface area contributed by atoms with Gasteiger partial charge in [0.15, 0.2) is 0 Å². The average molecular weight is 236 g/mol. The summed E-state index contributed by atoms with van der Waals surface area (Å²) in [4.78, 5) is 26.8. The van der Waals surface area contributed by atoms with Crippen molar-refractivity contribution in [1.29, 1.82) is 0 Å². The minimum atomic E-state index is -0.355. The predicted molar refractivity (Wildman–Crippen MR) is 61.1 cm³/mol. The topological polar surface area (TPSA) is 76.0 Å². The molecule has 1 atom stereocenters. The third-order valence-corrected chi connectivity index (χ3v) is 2.75. The highest BCUT2D eigenvalue weighted by molar-refractivity contribution is 5.90. The highest BCUT2D eigenvalue weighted by Gasteiger charge is 2.26. The lowest BCUT2D eigenvalue weighted by molar-refractivity contribution is -0.125. The van der Waals surface area contributed by atoms with Gasteiger partial charge in [-0.1, -0.05) is 0 Å². The predicted octanol–water partition coefficient (Wildman–Crippen LogP) is -0.643. The summed E-state index contributed by atoms with van der Waals surface area (Å²) < 4.78 is 1.87. The van der Waals surface area contributed by atoms with Gasteiger partial charge in [-0.25, -0.2) is 4.98 Å². The molecule has 6 nitrogen and oxygen atoms in total. The van der Waals surface area contributed by atoms with Crippen molar-refractivity contribution in [1.82, 2.24) is 20.2 Å². The molecule has 0 radical (unpaired) electrons. The number of carbonyl (C=O) groups excluding carboxylic acids is 2. The third kappa shape index (κ3) is 3.05. The zero-order valence-electron chi connectivity index (χ0n) is 9.77. The number of aromatic nitrogens is 2. The van der Waals surface area contributed by atoms with Crippen LogP contribution in [0, 0.1) is 0 Å². The number of nitrogens with zero attached hydrogens (tertiary/aromatic N) is 2. The van der Waals surface area contributed by atoms with Crippen LogP contribution in [0.25, 0.3) is 0 Å². The maximum absolute atomic E-state index is 11.6. The first-order chi connectivity index (χ1) is 8.15. The van der Waals surface area contributed by atoms with E-state index in [4.69, 9.17) is 0 Å². The van der Waals surface area contributed by atoms with Crippen molar-refractivity contribution in [2.24, 2.45) is 7.05 Å². The fourth-order valence-electron chi connectivity index (χ4n) is 1.84. The monoisotopic (exact) mass is 236 g/mol. The molecule has 2 amide bonds. The van der Waals surface area contributed by atoms with Crippen LogP contribution in [0.4, 0.5) is 0 Å². The van der Waals surface area contributed by atoms with Gasteiger partial charge in [0.1, 0.15) is 6.04 Å². The van der Waals surface area contributed by atoms with Gasteiger partial charge in [-0.3, -0.25) is 9.59 Å². The van der Waals surface area contributed by atoms with Crippen molar-refractivity contribution in [2.75, 3.05) is 6.54 Å². The molecule has 92 valence electrons. The molecule has 1 aliphatic heterocycles. The summed E-state index contributed by atoms with van der Waals surface area (Å²) in [7, 11) is 1.91. The first-order valence-corrected chi connectivity index (χ1v) is 5.69. The molecule has 0 aliphatic carbocycles. The Labute approximate surface area is 99.4 Å². The van der Waals surface area contributed by atoms with E-state index in [1.54, 1.807) is 6.33 Å². The van der Waals surface area contributed by atoms with Gasteiger partial charge in [0, 0.05) is 32.6 Å². The van der Waals surface area contributed by atoms with Crippen LogP contribution in [0.1, 0.15) is 18.5 Å². The first-order valence-electron chi connectivity index (χ1n) is 5.69. The van der Waals surface area contributed by atoms with Crippen LogP contribution in [0.2, 0.25) is 0 Å². The van der Waals surface area contributed by atoms with Crippen molar-refractivity contribution in [3.8, 4) is 0 Å². The van der Waals surface area contributed by atoms with Crippen molar-refractivity contribution < 1.29 is 9.59 Å². The zero-order chi connectivity index (χ0) is 12.3. The van der Waals surface area contributed by atoms with Gasteiger partial charge in [-0.05, 0) is 6.42 Å². The molecule has 1 fully saturated rings. The summed E-state index contributed by atoms with van der Waals surface area (Å²) in [6.45, 7) is 0.544. The molecule has 1 aromatic heterocycles. The maximum atomic E-state index is 11.6. The van der Waals surface area contributed by atoms with E-state index >= 15 is 0 Å². The van der Waals surface area contributed by atoms with Gasteiger partial charge in [-0.2, -0.15) is 0 Å². The van der Waals surface area contributed by atoms with Crippen LogP contribution in [0.3, 0.4) is 0 Å². The SMILES string of the molecule is Cn1cnc(CCNC(=O)C2CCC(=O)N2)c1. The van der Waals surface area contributed by atoms with Crippen molar-refractivity contribution >= 4 is 11.8 Å². The Morgan fingerprint density at radius 3 is 3.12 bits per heavy atom. The number of nitrogens with one attached hydrogen (secondary N) is 2. The standard InChI is InChI=1S/C11H16N4O2/c1-15-6-8(13-7-15)4-5-12-11(17)9-2-3-10(16)14-9/h6-7,9H,2-5H2,1H3,(H,12,17)(H,14,16). The van der Waals surface area contributed by atoms with Gasteiger partial charge in [0.2, 0.25) is 11.8 Å². The smallest absolute Gasteiger partial charge is 0.242 e. The molecule has 2 heterocycles. The van der Waals surface area contributed by atoms with E-state index < -0.39 is 0 Å². The lowest BCUT2D eigenvalue weighted by atomic mass is 10.2. The molecule has 1 saturated heterocycles. The Kier molecular flexibility index (Phi) is 3.41. The van der Waals surface area contributed by atoms with Crippen LogP contribution in [0.15, 0.2) is 12.5 Å². The van der Waals surface area contributed by atoms with E-state index in [9.17, 15) is 9.59 Å². The van der Waals surface area contributed by atoms with Gasteiger partial charge < -0.3 is 15.2 Å². The zero-order valence-corrected chi connectivity index (χ0v) is 9.77. The summed E-state index contributed by atoms with van der Waals surface area (Å²) >= 11 is 0. The summed E-state index contributed by atoms with van der Waals surface area (Å²) in [6.07, 6.45) is 5.39. The van der Waals surface area contributed by atoms with Gasteiger partial charge in [0.05, 0.1) is 12.0 Å². The molecule has 0 saturated carbocycles. The Hall–Kier alpha value is -1.85. The summed E-state index contributed by atoms with van der Waals surface area (Å²) in [5, 5.41) is 5.44. The minimum absolute atomic E-state index is 0.0464. The second-order valence-electron chi connectivity index (χ2n) is 4.23. The Bertz CT molecular complexity index is 427. The third-order valence-electron chi connectivity index (χ3n) is 2.75. The molecule has 1 unspecified atom stereocenters. The molecule has 2 N–H and O–H groups in total. The Balaban J connectivity index is 1.71. The molecule has 0 aromatic carbocycles. The van der Waals surface area contributed by atoms with Crippen LogP contribution >= 0.6 is 0 Å².